The van der Waals surface area contributed by atoms with Crippen molar-refractivity contribution in [3.63, 3.8) is 0 Å². The molecule has 0 unspecified atom stereocenters. The number of carbonyl (C=O) groups excluding carboxylic acids is 1. The summed E-state index contributed by atoms with van der Waals surface area (Å²) < 4.78 is 0. The molecule has 0 aliphatic rings. The SMILES string of the molecule is CCc1cccc(NC(=O)CNC(=NC)NCC(C)C)c1.I. The lowest BCUT2D eigenvalue weighted by Crippen LogP contribution is -2.42. The Labute approximate surface area is 150 Å². The number of amides is 1. The number of aliphatic imine (C=N–C) groups is 1. The Balaban J connectivity index is 0.00000441. The smallest absolute Gasteiger partial charge is 0.243 e. The van der Waals surface area contributed by atoms with Gasteiger partial charge in [-0.25, -0.2) is 0 Å². The number of hydrogen-bond acceptors (Lipinski definition) is 2. The normalized spacial score (nSPS) is 10.9. The third-order valence-corrected chi connectivity index (χ3v) is 2.94. The number of nitrogens with zero attached hydrogens (tertiary/aromatic N) is 1. The molecule has 0 aliphatic heterocycles. The van der Waals surface area contributed by atoms with Gasteiger partial charge in [0.25, 0.3) is 0 Å². The predicted molar refractivity (Wildman–Crippen MR) is 104 cm³/mol. The van der Waals surface area contributed by atoms with Gasteiger partial charge in [0.05, 0.1) is 6.54 Å². The molecule has 0 bridgehead atoms. The Kier molecular flexibility index (Phi) is 10.6. The molecule has 124 valence electrons. The fourth-order valence-corrected chi connectivity index (χ4v) is 1.76. The summed E-state index contributed by atoms with van der Waals surface area (Å²) in [7, 11) is 1.69. The molecular formula is C16H27IN4O. The highest BCUT2D eigenvalue weighted by Gasteiger charge is 2.05. The zero-order valence-corrected chi connectivity index (χ0v) is 16.1. The molecule has 0 spiro atoms. The van der Waals surface area contributed by atoms with Crippen LogP contribution in [0.2, 0.25) is 0 Å². The van der Waals surface area contributed by atoms with Crippen molar-refractivity contribution in [3.05, 3.63) is 29.8 Å². The molecule has 0 saturated heterocycles. The number of halogens is 1. The number of benzene rings is 1. The third-order valence-electron chi connectivity index (χ3n) is 2.94. The summed E-state index contributed by atoms with van der Waals surface area (Å²) in [5.41, 5.74) is 2.03. The average Bonchev–Trinajstić information content (AvgIpc) is 2.47. The van der Waals surface area contributed by atoms with E-state index in [9.17, 15) is 4.79 Å². The van der Waals surface area contributed by atoms with Crippen LogP contribution < -0.4 is 16.0 Å². The second-order valence-electron chi connectivity index (χ2n) is 5.30. The Morgan fingerprint density at radius 3 is 2.59 bits per heavy atom. The highest BCUT2D eigenvalue weighted by molar-refractivity contribution is 14.0. The molecule has 0 saturated carbocycles. The molecule has 1 aromatic carbocycles. The third kappa shape index (κ3) is 8.21. The van der Waals surface area contributed by atoms with Gasteiger partial charge in [0.1, 0.15) is 0 Å². The van der Waals surface area contributed by atoms with E-state index in [2.05, 4.69) is 41.7 Å². The summed E-state index contributed by atoms with van der Waals surface area (Å²) in [6.45, 7) is 7.34. The first-order chi connectivity index (χ1) is 10.0. The topological polar surface area (TPSA) is 65.5 Å². The van der Waals surface area contributed by atoms with Gasteiger partial charge in [-0.2, -0.15) is 0 Å². The minimum atomic E-state index is -0.0873. The van der Waals surface area contributed by atoms with E-state index in [1.807, 2.05) is 24.3 Å². The zero-order valence-electron chi connectivity index (χ0n) is 13.8. The molecule has 1 aromatic rings. The molecule has 0 atom stereocenters. The van der Waals surface area contributed by atoms with Crippen molar-refractivity contribution in [2.24, 2.45) is 10.9 Å². The quantitative estimate of drug-likeness (QED) is 0.378. The lowest BCUT2D eigenvalue weighted by Gasteiger charge is -2.13. The van der Waals surface area contributed by atoms with E-state index in [-0.39, 0.29) is 36.4 Å². The average molecular weight is 418 g/mol. The van der Waals surface area contributed by atoms with E-state index < -0.39 is 0 Å². The first kappa shape index (κ1) is 20.7. The van der Waals surface area contributed by atoms with Crippen LogP contribution in [0.25, 0.3) is 0 Å². The first-order valence-electron chi connectivity index (χ1n) is 7.38. The van der Waals surface area contributed by atoms with E-state index >= 15 is 0 Å². The van der Waals surface area contributed by atoms with Crippen LogP contribution in [0.5, 0.6) is 0 Å². The number of guanidine groups is 1. The molecule has 0 aliphatic carbocycles. The van der Waals surface area contributed by atoms with E-state index in [4.69, 9.17) is 0 Å². The van der Waals surface area contributed by atoms with Crippen LogP contribution >= 0.6 is 24.0 Å². The van der Waals surface area contributed by atoms with E-state index in [0.29, 0.717) is 11.9 Å². The number of hydrogen-bond donors (Lipinski definition) is 3. The van der Waals surface area contributed by atoms with Crippen LogP contribution in [-0.4, -0.2) is 32.0 Å². The maximum Gasteiger partial charge on any atom is 0.243 e. The Morgan fingerprint density at radius 1 is 1.27 bits per heavy atom. The van der Waals surface area contributed by atoms with Crippen molar-refractivity contribution < 1.29 is 4.79 Å². The monoisotopic (exact) mass is 418 g/mol. The highest BCUT2D eigenvalue weighted by atomic mass is 127. The molecule has 0 radical (unpaired) electrons. The molecule has 1 amide bonds. The number of aryl methyl sites for hydroxylation is 1. The second-order valence-corrected chi connectivity index (χ2v) is 5.30. The molecule has 0 fully saturated rings. The molecule has 0 aromatic heterocycles. The highest BCUT2D eigenvalue weighted by Crippen LogP contribution is 2.10. The molecule has 6 heteroatoms. The summed E-state index contributed by atoms with van der Waals surface area (Å²) in [6, 6.07) is 7.88. The van der Waals surface area contributed by atoms with Crippen LogP contribution in [0.1, 0.15) is 26.3 Å². The Hall–Kier alpha value is -1.31. The van der Waals surface area contributed by atoms with Gasteiger partial charge in [-0.1, -0.05) is 32.9 Å². The Morgan fingerprint density at radius 2 is 2.00 bits per heavy atom. The summed E-state index contributed by atoms with van der Waals surface area (Å²) >= 11 is 0. The minimum absolute atomic E-state index is 0. The maximum absolute atomic E-state index is 11.9. The van der Waals surface area contributed by atoms with Gasteiger partial charge < -0.3 is 16.0 Å². The number of rotatable bonds is 6. The second kappa shape index (κ2) is 11.3. The van der Waals surface area contributed by atoms with E-state index in [1.165, 1.54) is 5.56 Å². The maximum atomic E-state index is 11.9. The largest absolute Gasteiger partial charge is 0.356 e. The van der Waals surface area contributed by atoms with Crippen LogP contribution in [0.3, 0.4) is 0 Å². The standard InChI is InChI=1S/C16H26N4O.HI/c1-5-13-7-6-8-14(9-13)20-15(21)11-19-16(17-4)18-10-12(2)3;/h6-9,12H,5,10-11H2,1-4H3,(H,20,21)(H2,17,18,19);1H. The van der Waals surface area contributed by atoms with Gasteiger partial charge in [-0.05, 0) is 30.0 Å². The van der Waals surface area contributed by atoms with Gasteiger partial charge in [-0.3, -0.25) is 9.79 Å². The van der Waals surface area contributed by atoms with Gasteiger partial charge in [-0.15, -0.1) is 24.0 Å². The van der Waals surface area contributed by atoms with Crippen molar-refractivity contribution in [3.8, 4) is 0 Å². The number of carbonyl (C=O) groups is 1. The van der Waals surface area contributed by atoms with Gasteiger partial charge in [0, 0.05) is 19.3 Å². The van der Waals surface area contributed by atoms with Gasteiger partial charge in [0.2, 0.25) is 5.91 Å². The summed E-state index contributed by atoms with van der Waals surface area (Å²) in [5.74, 6) is 1.08. The molecular weight excluding hydrogens is 391 g/mol. The van der Waals surface area contributed by atoms with E-state index in [0.717, 1.165) is 18.7 Å². The molecule has 5 nitrogen and oxygen atoms in total. The van der Waals surface area contributed by atoms with Crippen molar-refractivity contribution >= 4 is 41.5 Å². The van der Waals surface area contributed by atoms with Crippen LogP contribution in [0, 0.1) is 5.92 Å². The predicted octanol–water partition coefficient (Wildman–Crippen LogP) is 2.63. The van der Waals surface area contributed by atoms with Crippen molar-refractivity contribution in [1.82, 2.24) is 10.6 Å². The van der Waals surface area contributed by atoms with Gasteiger partial charge in [0.15, 0.2) is 5.96 Å². The van der Waals surface area contributed by atoms with Crippen molar-refractivity contribution in [2.45, 2.75) is 27.2 Å². The summed E-state index contributed by atoms with van der Waals surface area (Å²) in [5, 5.41) is 9.04. The van der Waals surface area contributed by atoms with Crippen molar-refractivity contribution in [1.29, 1.82) is 0 Å². The molecule has 0 heterocycles. The summed E-state index contributed by atoms with van der Waals surface area (Å²) in [6.07, 6.45) is 0.952. The minimum Gasteiger partial charge on any atom is -0.356 e. The lowest BCUT2D eigenvalue weighted by atomic mass is 10.1. The molecule has 1 rings (SSSR count). The van der Waals surface area contributed by atoms with Crippen molar-refractivity contribution in [2.75, 3.05) is 25.5 Å². The summed E-state index contributed by atoms with van der Waals surface area (Å²) in [4.78, 5) is 16.0. The van der Waals surface area contributed by atoms with Crippen LogP contribution in [-0.2, 0) is 11.2 Å². The molecule has 22 heavy (non-hydrogen) atoms. The number of anilines is 1. The van der Waals surface area contributed by atoms with Gasteiger partial charge >= 0.3 is 0 Å². The van der Waals surface area contributed by atoms with Crippen LogP contribution in [0.15, 0.2) is 29.3 Å². The zero-order chi connectivity index (χ0) is 15.7. The van der Waals surface area contributed by atoms with Crippen LogP contribution in [0.4, 0.5) is 5.69 Å². The fourth-order valence-electron chi connectivity index (χ4n) is 1.76. The fraction of sp³-hybridized carbons (Fsp3) is 0.500. The first-order valence-corrected chi connectivity index (χ1v) is 7.38. The lowest BCUT2D eigenvalue weighted by molar-refractivity contribution is -0.115. The molecule has 3 N–H and O–H groups in total. The Bertz CT molecular complexity index is 489. The number of nitrogens with one attached hydrogen (secondary N) is 3. The van der Waals surface area contributed by atoms with E-state index in [1.54, 1.807) is 7.05 Å².